The third-order valence-corrected chi connectivity index (χ3v) is 1.99. The Hall–Kier alpha value is -1.71. The summed E-state index contributed by atoms with van der Waals surface area (Å²) in [6.45, 7) is 2.35. The Kier molecular flexibility index (Phi) is 2.04. The highest BCUT2D eigenvalue weighted by Crippen LogP contribution is 2.32. The van der Waals surface area contributed by atoms with Crippen LogP contribution in [-0.4, -0.2) is 23.8 Å². The predicted octanol–water partition coefficient (Wildman–Crippen LogP) is 1.54. The summed E-state index contributed by atoms with van der Waals surface area (Å²) in [5.41, 5.74) is 0.210. The maximum absolute atomic E-state index is 10.7. The standard InChI is InChI=1S/C10H10O4/c1-6-5-13-9-4-7(10(11)12)2-3-8(9)14-6/h2-4,6H,5H2,1H3,(H,11,12). The maximum Gasteiger partial charge on any atom is 0.335 e. The molecule has 0 aliphatic carbocycles. The molecule has 0 saturated heterocycles. The van der Waals surface area contributed by atoms with Crippen molar-refractivity contribution < 1.29 is 19.4 Å². The van der Waals surface area contributed by atoms with E-state index in [2.05, 4.69) is 0 Å². The normalized spacial score (nSPS) is 19.1. The van der Waals surface area contributed by atoms with Gasteiger partial charge in [0.1, 0.15) is 12.7 Å². The van der Waals surface area contributed by atoms with Crippen LogP contribution in [-0.2, 0) is 0 Å². The first-order valence-electron chi connectivity index (χ1n) is 4.33. The topological polar surface area (TPSA) is 55.8 Å². The average molecular weight is 194 g/mol. The lowest BCUT2D eigenvalue weighted by Gasteiger charge is -2.23. The number of carboxylic acid groups (broad SMARTS) is 1. The van der Waals surface area contributed by atoms with E-state index < -0.39 is 5.97 Å². The van der Waals surface area contributed by atoms with Crippen LogP contribution in [0.2, 0.25) is 0 Å². The summed E-state index contributed by atoms with van der Waals surface area (Å²) in [4.78, 5) is 10.7. The molecule has 0 aromatic heterocycles. The predicted molar refractivity (Wildman–Crippen MR) is 49.0 cm³/mol. The molecule has 1 aliphatic rings. The summed E-state index contributed by atoms with van der Waals surface area (Å²) < 4.78 is 10.8. The van der Waals surface area contributed by atoms with E-state index in [9.17, 15) is 4.79 Å². The van der Waals surface area contributed by atoms with Gasteiger partial charge in [0.25, 0.3) is 0 Å². The van der Waals surface area contributed by atoms with Crippen molar-refractivity contribution in [3.63, 3.8) is 0 Å². The molecule has 0 radical (unpaired) electrons. The summed E-state index contributed by atoms with van der Waals surface area (Å²) in [5.74, 6) is 0.145. The molecule has 1 aliphatic heterocycles. The molecule has 1 heterocycles. The van der Waals surface area contributed by atoms with Crippen LogP contribution in [0, 0.1) is 0 Å². The Bertz CT molecular complexity index is 372. The van der Waals surface area contributed by atoms with E-state index in [1.54, 1.807) is 6.07 Å². The molecule has 4 heteroatoms. The molecular weight excluding hydrogens is 184 g/mol. The average Bonchev–Trinajstić information content (AvgIpc) is 2.16. The maximum atomic E-state index is 10.7. The third-order valence-electron chi connectivity index (χ3n) is 1.99. The minimum atomic E-state index is -0.963. The second-order valence-electron chi connectivity index (χ2n) is 3.21. The molecule has 0 fully saturated rings. The summed E-state index contributed by atoms with van der Waals surface area (Å²) >= 11 is 0. The van der Waals surface area contributed by atoms with Gasteiger partial charge in [0.05, 0.1) is 5.56 Å². The van der Waals surface area contributed by atoms with Crippen molar-refractivity contribution in [2.24, 2.45) is 0 Å². The highest BCUT2D eigenvalue weighted by atomic mass is 16.6. The van der Waals surface area contributed by atoms with Gasteiger partial charge in [-0.1, -0.05) is 0 Å². The van der Waals surface area contributed by atoms with Crippen LogP contribution in [0.15, 0.2) is 18.2 Å². The number of carboxylic acids is 1. The van der Waals surface area contributed by atoms with Gasteiger partial charge in [-0.05, 0) is 25.1 Å². The third kappa shape index (κ3) is 1.51. The number of aromatic carboxylic acids is 1. The summed E-state index contributed by atoms with van der Waals surface area (Å²) in [7, 11) is 0. The first-order valence-corrected chi connectivity index (χ1v) is 4.33. The van der Waals surface area contributed by atoms with Crippen molar-refractivity contribution in [1.29, 1.82) is 0 Å². The smallest absolute Gasteiger partial charge is 0.335 e. The van der Waals surface area contributed by atoms with Gasteiger partial charge in [-0.15, -0.1) is 0 Å². The van der Waals surface area contributed by atoms with E-state index in [1.807, 2.05) is 6.92 Å². The molecule has 74 valence electrons. The fourth-order valence-electron chi connectivity index (χ4n) is 1.31. The molecule has 1 N–H and O–H groups in total. The van der Waals surface area contributed by atoms with E-state index in [0.717, 1.165) is 0 Å². The summed E-state index contributed by atoms with van der Waals surface area (Å²) in [5, 5.41) is 8.74. The Morgan fingerprint density at radius 1 is 1.50 bits per heavy atom. The molecule has 0 spiro atoms. The van der Waals surface area contributed by atoms with Crippen molar-refractivity contribution in [2.75, 3.05) is 6.61 Å². The van der Waals surface area contributed by atoms with Gasteiger partial charge >= 0.3 is 5.97 Å². The molecule has 1 unspecified atom stereocenters. The molecule has 1 aromatic carbocycles. The molecule has 14 heavy (non-hydrogen) atoms. The lowest BCUT2D eigenvalue weighted by molar-refractivity contribution is 0.0694. The van der Waals surface area contributed by atoms with Crippen LogP contribution >= 0.6 is 0 Å². The van der Waals surface area contributed by atoms with E-state index in [-0.39, 0.29) is 11.7 Å². The van der Waals surface area contributed by atoms with E-state index in [0.29, 0.717) is 18.1 Å². The molecule has 0 amide bonds. The number of hydrogen-bond donors (Lipinski definition) is 1. The zero-order valence-corrected chi connectivity index (χ0v) is 7.69. The van der Waals surface area contributed by atoms with Crippen molar-refractivity contribution >= 4 is 5.97 Å². The monoisotopic (exact) mass is 194 g/mol. The van der Waals surface area contributed by atoms with Crippen LogP contribution in [0.5, 0.6) is 11.5 Å². The van der Waals surface area contributed by atoms with Crippen molar-refractivity contribution in [3.05, 3.63) is 23.8 Å². The van der Waals surface area contributed by atoms with Gasteiger partial charge < -0.3 is 14.6 Å². The lowest BCUT2D eigenvalue weighted by Crippen LogP contribution is -2.25. The lowest BCUT2D eigenvalue weighted by atomic mass is 10.2. The molecular formula is C10H10O4. The highest BCUT2D eigenvalue weighted by molar-refractivity contribution is 5.88. The molecule has 2 rings (SSSR count). The first kappa shape index (κ1) is 8.87. The van der Waals surface area contributed by atoms with Gasteiger partial charge in [-0.2, -0.15) is 0 Å². The van der Waals surface area contributed by atoms with Crippen LogP contribution in [0.25, 0.3) is 0 Å². The van der Waals surface area contributed by atoms with Gasteiger partial charge in [0, 0.05) is 0 Å². The van der Waals surface area contributed by atoms with Gasteiger partial charge in [-0.3, -0.25) is 0 Å². The Balaban J connectivity index is 2.36. The second-order valence-corrected chi connectivity index (χ2v) is 3.21. The van der Waals surface area contributed by atoms with Crippen LogP contribution in [0.1, 0.15) is 17.3 Å². The second kappa shape index (κ2) is 3.21. The number of ether oxygens (including phenoxy) is 2. The van der Waals surface area contributed by atoms with Crippen molar-refractivity contribution in [3.8, 4) is 11.5 Å². The zero-order chi connectivity index (χ0) is 10.1. The largest absolute Gasteiger partial charge is 0.486 e. The van der Waals surface area contributed by atoms with E-state index in [1.165, 1.54) is 12.1 Å². The molecule has 1 aromatic rings. The van der Waals surface area contributed by atoms with Gasteiger partial charge in [0.15, 0.2) is 11.5 Å². The fraction of sp³-hybridized carbons (Fsp3) is 0.300. The van der Waals surface area contributed by atoms with Crippen LogP contribution in [0.3, 0.4) is 0 Å². The summed E-state index contributed by atoms with van der Waals surface area (Å²) in [6, 6.07) is 4.60. The number of benzene rings is 1. The summed E-state index contributed by atoms with van der Waals surface area (Å²) in [6.07, 6.45) is 0.0122. The highest BCUT2D eigenvalue weighted by Gasteiger charge is 2.18. The number of hydrogen-bond acceptors (Lipinski definition) is 3. The van der Waals surface area contributed by atoms with Gasteiger partial charge in [0.2, 0.25) is 0 Å². The SMILES string of the molecule is CC1COc2cc(C(=O)O)ccc2O1. The fourth-order valence-corrected chi connectivity index (χ4v) is 1.31. The minimum Gasteiger partial charge on any atom is -0.486 e. The molecule has 0 bridgehead atoms. The van der Waals surface area contributed by atoms with Crippen LogP contribution < -0.4 is 9.47 Å². The molecule has 0 saturated carbocycles. The Morgan fingerprint density at radius 3 is 3.00 bits per heavy atom. The number of fused-ring (bicyclic) bond motifs is 1. The quantitative estimate of drug-likeness (QED) is 0.736. The van der Waals surface area contributed by atoms with Crippen molar-refractivity contribution in [2.45, 2.75) is 13.0 Å². The molecule has 1 atom stereocenters. The number of rotatable bonds is 1. The van der Waals surface area contributed by atoms with Crippen molar-refractivity contribution in [1.82, 2.24) is 0 Å². The minimum absolute atomic E-state index is 0.0122. The van der Waals surface area contributed by atoms with Gasteiger partial charge in [-0.25, -0.2) is 4.79 Å². The van der Waals surface area contributed by atoms with E-state index in [4.69, 9.17) is 14.6 Å². The Morgan fingerprint density at radius 2 is 2.29 bits per heavy atom. The van der Waals surface area contributed by atoms with E-state index >= 15 is 0 Å². The zero-order valence-electron chi connectivity index (χ0n) is 7.69. The first-order chi connectivity index (χ1) is 6.66. The molecule has 4 nitrogen and oxygen atoms in total. The van der Waals surface area contributed by atoms with Crippen LogP contribution in [0.4, 0.5) is 0 Å². The number of carbonyl (C=O) groups is 1. The Labute approximate surface area is 81.1 Å².